The van der Waals surface area contributed by atoms with Crippen LogP contribution in [0.1, 0.15) is 40.0 Å². The zero-order valence-electron chi connectivity index (χ0n) is 10.5. The van der Waals surface area contributed by atoms with E-state index in [-0.39, 0.29) is 18.5 Å². The molecule has 0 aliphatic carbocycles. The van der Waals surface area contributed by atoms with Gasteiger partial charge in [0.15, 0.2) is 0 Å². The SMILES string of the molecule is CCCC(C)NC(=O)C(C)NCCC(F)(F)F. The van der Waals surface area contributed by atoms with Crippen LogP contribution in [0.3, 0.4) is 0 Å². The molecular formula is C11H21F3N2O. The average molecular weight is 254 g/mol. The topological polar surface area (TPSA) is 41.1 Å². The molecule has 0 spiro atoms. The molecule has 0 bridgehead atoms. The molecule has 0 fully saturated rings. The standard InChI is InChI=1S/C11H21F3N2O/c1-4-5-8(2)16-10(17)9(3)15-7-6-11(12,13)14/h8-9,15H,4-7H2,1-3H3,(H,16,17). The second-order valence-electron chi connectivity index (χ2n) is 4.24. The van der Waals surface area contributed by atoms with Gasteiger partial charge < -0.3 is 10.6 Å². The molecule has 0 aliphatic rings. The first-order valence-electron chi connectivity index (χ1n) is 5.86. The van der Waals surface area contributed by atoms with Crippen molar-refractivity contribution in [1.82, 2.24) is 10.6 Å². The highest BCUT2D eigenvalue weighted by molar-refractivity contribution is 5.81. The van der Waals surface area contributed by atoms with Crippen molar-refractivity contribution < 1.29 is 18.0 Å². The summed E-state index contributed by atoms with van der Waals surface area (Å²) in [4.78, 5) is 11.5. The summed E-state index contributed by atoms with van der Waals surface area (Å²) in [6.07, 6.45) is -3.29. The minimum Gasteiger partial charge on any atom is -0.352 e. The summed E-state index contributed by atoms with van der Waals surface area (Å²) in [6.45, 7) is 5.21. The van der Waals surface area contributed by atoms with Crippen LogP contribution in [0.2, 0.25) is 0 Å². The van der Waals surface area contributed by atoms with Gasteiger partial charge in [0.2, 0.25) is 5.91 Å². The van der Waals surface area contributed by atoms with Gasteiger partial charge in [-0.25, -0.2) is 0 Å². The maximum atomic E-state index is 11.9. The molecule has 0 radical (unpaired) electrons. The minimum absolute atomic E-state index is 0.0550. The van der Waals surface area contributed by atoms with Crippen LogP contribution < -0.4 is 10.6 Å². The molecule has 0 saturated heterocycles. The molecular weight excluding hydrogens is 233 g/mol. The second-order valence-corrected chi connectivity index (χ2v) is 4.24. The number of carbonyl (C=O) groups is 1. The Hall–Kier alpha value is -0.780. The fourth-order valence-electron chi connectivity index (χ4n) is 1.40. The van der Waals surface area contributed by atoms with Crippen LogP contribution in [-0.2, 0) is 4.79 Å². The predicted molar refractivity (Wildman–Crippen MR) is 60.6 cm³/mol. The smallest absolute Gasteiger partial charge is 0.352 e. The van der Waals surface area contributed by atoms with E-state index in [1.54, 1.807) is 6.92 Å². The molecule has 3 nitrogen and oxygen atoms in total. The summed E-state index contributed by atoms with van der Waals surface area (Å²) in [5.41, 5.74) is 0. The molecule has 102 valence electrons. The van der Waals surface area contributed by atoms with Gasteiger partial charge in [-0.2, -0.15) is 13.2 Å². The van der Waals surface area contributed by atoms with Crippen LogP contribution in [0.15, 0.2) is 0 Å². The first-order chi connectivity index (χ1) is 7.76. The summed E-state index contributed by atoms with van der Waals surface area (Å²) < 4.78 is 35.6. The molecule has 2 N–H and O–H groups in total. The Morgan fingerprint density at radius 1 is 1.29 bits per heavy atom. The highest BCUT2D eigenvalue weighted by atomic mass is 19.4. The molecule has 2 unspecified atom stereocenters. The summed E-state index contributed by atoms with van der Waals surface area (Å²) >= 11 is 0. The van der Waals surface area contributed by atoms with E-state index in [1.807, 2.05) is 13.8 Å². The lowest BCUT2D eigenvalue weighted by atomic mass is 10.2. The van der Waals surface area contributed by atoms with Crippen LogP contribution in [0.4, 0.5) is 13.2 Å². The van der Waals surface area contributed by atoms with Crippen LogP contribution >= 0.6 is 0 Å². The van der Waals surface area contributed by atoms with Crippen molar-refractivity contribution in [2.75, 3.05) is 6.54 Å². The Bertz CT molecular complexity index is 231. The van der Waals surface area contributed by atoms with Crippen LogP contribution in [0.5, 0.6) is 0 Å². The maximum absolute atomic E-state index is 11.9. The minimum atomic E-state index is -4.18. The van der Waals surface area contributed by atoms with E-state index >= 15 is 0 Å². The zero-order chi connectivity index (χ0) is 13.5. The van der Waals surface area contributed by atoms with Crippen molar-refractivity contribution in [1.29, 1.82) is 0 Å². The number of carbonyl (C=O) groups excluding carboxylic acids is 1. The maximum Gasteiger partial charge on any atom is 0.390 e. The molecule has 0 rings (SSSR count). The Morgan fingerprint density at radius 2 is 1.88 bits per heavy atom. The van der Waals surface area contributed by atoms with Crippen molar-refractivity contribution in [2.24, 2.45) is 0 Å². The fourth-order valence-corrected chi connectivity index (χ4v) is 1.40. The molecule has 0 aromatic carbocycles. The first-order valence-corrected chi connectivity index (χ1v) is 5.86. The van der Waals surface area contributed by atoms with E-state index in [0.717, 1.165) is 12.8 Å². The van der Waals surface area contributed by atoms with E-state index in [9.17, 15) is 18.0 Å². The Labute approximate surface area is 100 Å². The van der Waals surface area contributed by atoms with Gasteiger partial charge in [-0.1, -0.05) is 13.3 Å². The number of alkyl halides is 3. The number of hydrogen-bond acceptors (Lipinski definition) is 2. The summed E-state index contributed by atoms with van der Waals surface area (Å²) in [5.74, 6) is -0.256. The third-order valence-electron chi connectivity index (χ3n) is 2.36. The van der Waals surface area contributed by atoms with Gasteiger partial charge in [-0.05, 0) is 20.3 Å². The summed E-state index contributed by atoms with van der Waals surface area (Å²) in [6, 6.07) is -0.545. The van der Waals surface area contributed by atoms with Gasteiger partial charge in [-0.15, -0.1) is 0 Å². The molecule has 17 heavy (non-hydrogen) atoms. The van der Waals surface area contributed by atoms with Gasteiger partial charge in [0.1, 0.15) is 0 Å². The van der Waals surface area contributed by atoms with Crippen molar-refractivity contribution >= 4 is 5.91 Å². The Kier molecular flexibility index (Phi) is 7.18. The van der Waals surface area contributed by atoms with Gasteiger partial charge in [-0.3, -0.25) is 4.79 Å². The monoisotopic (exact) mass is 254 g/mol. The molecule has 2 atom stereocenters. The van der Waals surface area contributed by atoms with E-state index in [4.69, 9.17) is 0 Å². The molecule has 0 aromatic rings. The van der Waals surface area contributed by atoms with Gasteiger partial charge in [0.05, 0.1) is 12.5 Å². The lowest BCUT2D eigenvalue weighted by molar-refractivity contribution is -0.135. The van der Waals surface area contributed by atoms with E-state index < -0.39 is 18.6 Å². The Balaban J connectivity index is 3.82. The quantitative estimate of drug-likeness (QED) is 0.731. The van der Waals surface area contributed by atoms with Gasteiger partial charge >= 0.3 is 6.18 Å². The van der Waals surface area contributed by atoms with Gasteiger partial charge in [0.25, 0.3) is 0 Å². The van der Waals surface area contributed by atoms with Gasteiger partial charge in [0, 0.05) is 12.6 Å². The molecule has 1 amide bonds. The largest absolute Gasteiger partial charge is 0.390 e. The van der Waals surface area contributed by atoms with Crippen molar-refractivity contribution in [3.8, 4) is 0 Å². The van der Waals surface area contributed by atoms with Crippen molar-refractivity contribution in [3.05, 3.63) is 0 Å². The van der Waals surface area contributed by atoms with E-state index in [1.165, 1.54) is 0 Å². The first kappa shape index (κ1) is 16.2. The number of amides is 1. The molecule has 0 aliphatic heterocycles. The lowest BCUT2D eigenvalue weighted by Crippen LogP contribution is -2.46. The molecule has 0 aromatic heterocycles. The lowest BCUT2D eigenvalue weighted by Gasteiger charge is -2.18. The third kappa shape index (κ3) is 8.97. The molecule has 0 heterocycles. The average Bonchev–Trinajstić information content (AvgIpc) is 2.15. The number of rotatable bonds is 7. The van der Waals surface area contributed by atoms with Crippen LogP contribution in [0.25, 0.3) is 0 Å². The highest BCUT2D eigenvalue weighted by Gasteiger charge is 2.27. The number of halogens is 3. The fraction of sp³-hybridized carbons (Fsp3) is 0.909. The van der Waals surface area contributed by atoms with Crippen molar-refractivity contribution in [3.63, 3.8) is 0 Å². The third-order valence-corrected chi connectivity index (χ3v) is 2.36. The van der Waals surface area contributed by atoms with E-state index in [2.05, 4.69) is 10.6 Å². The van der Waals surface area contributed by atoms with Crippen molar-refractivity contribution in [2.45, 2.75) is 58.3 Å². The zero-order valence-corrected chi connectivity index (χ0v) is 10.5. The normalized spacial score (nSPS) is 15.4. The predicted octanol–water partition coefficient (Wildman–Crippen LogP) is 2.22. The van der Waals surface area contributed by atoms with E-state index in [0.29, 0.717) is 0 Å². The Morgan fingerprint density at radius 3 is 2.35 bits per heavy atom. The number of nitrogens with one attached hydrogen (secondary N) is 2. The molecule has 0 saturated carbocycles. The summed E-state index contributed by atoms with van der Waals surface area (Å²) in [5, 5.41) is 5.30. The molecule has 6 heteroatoms. The van der Waals surface area contributed by atoms with Crippen LogP contribution in [-0.4, -0.2) is 30.7 Å². The summed E-state index contributed by atoms with van der Waals surface area (Å²) in [7, 11) is 0. The second kappa shape index (κ2) is 7.53. The number of hydrogen-bond donors (Lipinski definition) is 2. The highest BCUT2D eigenvalue weighted by Crippen LogP contribution is 2.18. The van der Waals surface area contributed by atoms with Crippen LogP contribution in [0, 0.1) is 0 Å².